The van der Waals surface area contributed by atoms with E-state index in [-0.39, 0.29) is 11.8 Å². The predicted octanol–water partition coefficient (Wildman–Crippen LogP) is 3.54. The Morgan fingerprint density at radius 2 is 2.05 bits per heavy atom. The fourth-order valence-corrected chi connectivity index (χ4v) is 3.40. The molecule has 3 N–H and O–H groups in total. The summed E-state index contributed by atoms with van der Waals surface area (Å²) in [7, 11) is 0. The molecule has 1 amide bonds. The first-order chi connectivity index (χ1) is 8.95. The molecule has 1 aromatic rings. The monoisotopic (exact) mass is 324 g/mol. The van der Waals surface area contributed by atoms with E-state index in [9.17, 15) is 4.79 Å². The van der Waals surface area contributed by atoms with Crippen molar-refractivity contribution in [2.75, 3.05) is 5.32 Å². The van der Waals surface area contributed by atoms with Crippen molar-refractivity contribution < 1.29 is 4.79 Å². The quantitative estimate of drug-likeness (QED) is 0.893. The SMILES string of the molecule is CC1CCC(C)C(Nc2ccccc2Br)(C(N)=O)C1. The van der Waals surface area contributed by atoms with Gasteiger partial charge in [0.05, 0.1) is 0 Å². The molecule has 0 radical (unpaired) electrons. The van der Waals surface area contributed by atoms with Crippen molar-refractivity contribution >= 4 is 27.5 Å². The molecule has 1 aromatic carbocycles. The van der Waals surface area contributed by atoms with E-state index in [0.717, 1.165) is 29.4 Å². The van der Waals surface area contributed by atoms with E-state index >= 15 is 0 Å². The Bertz CT molecular complexity index is 477. The molecule has 19 heavy (non-hydrogen) atoms. The molecule has 104 valence electrons. The summed E-state index contributed by atoms with van der Waals surface area (Å²) in [4.78, 5) is 12.1. The lowest BCUT2D eigenvalue weighted by atomic mass is 9.69. The molecule has 1 aliphatic rings. The normalized spacial score (nSPS) is 30.9. The van der Waals surface area contributed by atoms with E-state index in [4.69, 9.17) is 5.73 Å². The van der Waals surface area contributed by atoms with Gasteiger partial charge in [0.2, 0.25) is 5.91 Å². The van der Waals surface area contributed by atoms with E-state index in [1.165, 1.54) is 0 Å². The van der Waals surface area contributed by atoms with Gasteiger partial charge >= 0.3 is 0 Å². The van der Waals surface area contributed by atoms with Gasteiger partial charge in [-0.15, -0.1) is 0 Å². The van der Waals surface area contributed by atoms with Gasteiger partial charge in [-0.1, -0.05) is 32.4 Å². The summed E-state index contributed by atoms with van der Waals surface area (Å²) in [6.07, 6.45) is 2.99. The molecule has 0 aliphatic heterocycles. The molecule has 3 atom stereocenters. The molecule has 1 fully saturated rings. The molecular weight excluding hydrogens is 304 g/mol. The summed E-state index contributed by atoms with van der Waals surface area (Å²) in [5.74, 6) is 0.509. The average molecular weight is 325 g/mol. The van der Waals surface area contributed by atoms with Crippen molar-refractivity contribution in [2.24, 2.45) is 17.6 Å². The number of anilines is 1. The van der Waals surface area contributed by atoms with Crippen LogP contribution in [-0.4, -0.2) is 11.4 Å². The standard InChI is InChI=1S/C15H21BrN2O/c1-10-7-8-11(2)15(9-10,14(17)19)18-13-6-4-3-5-12(13)16/h3-6,10-11,18H,7-9H2,1-2H3,(H2,17,19). The number of halogens is 1. The van der Waals surface area contributed by atoms with Gasteiger partial charge in [0.1, 0.15) is 5.54 Å². The van der Waals surface area contributed by atoms with Crippen molar-refractivity contribution in [3.63, 3.8) is 0 Å². The number of carbonyl (C=O) groups is 1. The second kappa shape index (κ2) is 5.53. The highest BCUT2D eigenvalue weighted by Gasteiger charge is 2.45. The van der Waals surface area contributed by atoms with Crippen LogP contribution in [0.4, 0.5) is 5.69 Å². The lowest BCUT2D eigenvalue weighted by Crippen LogP contribution is -2.58. The summed E-state index contributed by atoms with van der Waals surface area (Å²) in [6, 6.07) is 7.85. The average Bonchev–Trinajstić information content (AvgIpc) is 2.36. The van der Waals surface area contributed by atoms with Gasteiger partial charge in [-0.25, -0.2) is 0 Å². The fourth-order valence-electron chi connectivity index (χ4n) is 3.02. The topological polar surface area (TPSA) is 55.1 Å². The first-order valence-corrected chi connectivity index (χ1v) is 7.57. The van der Waals surface area contributed by atoms with E-state index in [0.29, 0.717) is 5.92 Å². The zero-order valence-corrected chi connectivity index (χ0v) is 13.0. The van der Waals surface area contributed by atoms with Crippen molar-refractivity contribution in [2.45, 2.75) is 38.6 Å². The third-order valence-electron chi connectivity index (χ3n) is 4.28. The summed E-state index contributed by atoms with van der Waals surface area (Å²) in [6.45, 7) is 4.30. The summed E-state index contributed by atoms with van der Waals surface area (Å²) in [5, 5.41) is 3.42. The molecule has 4 heteroatoms. The Hall–Kier alpha value is -1.03. The number of para-hydroxylation sites is 1. The van der Waals surface area contributed by atoms with Crippen molar-refractivity contribution in [3.8, 4) is 0 Å². The van der Waals surface area contributed by atoms with Crippen LogP contribution in [0.1, 0.15) is 33.1 Å². The molecule has 3 nitrogen and oxygen atoms in total. The van der Waals surface area contributed by atoms with Gasteiger partial charge in [-0.2, -0.15) is 0 Å². The number of carbonyl (C=O) groups excluding carboxylic acids is 1. The Morgan fingerprint density at radius 3 is 2.68 bits per heavy atom. The highest BCUT2D eigenvalue weighted by atomic mass is 79.9. The Morgan fingerprint density at radius 1 is 1.37 bits per heavy atom. The Labute approximate surface area is 123 Å². The third-order valence-corrected chi connectivity index (χ3v) is 4.97. The molecule has 1 saturated carbocycles. The van der Waals surface area contributed by atoms with E-state index in [1.807, 2.05) is 24.3 Å². The van der Waals surface area contributed by atoms with Crippen molar-refractivity contribution in [1.29, 1.82) is 0 Å². The van der Waals surface area contributed by atoms with Gasteiger partial charge in [0, 0.05) is 10.2 Å². The number of rotatable bonds is 3. The largest absolute Gasteiger partial charge is 0.370 e. The number of benzene rings is 1. The van der Waals surface area contributed by atoms with Crippen LogP contribution >= 0.6 is 15.9 Å². The van der Waals surface area contributed by atoms with Crippen LogP contribution in [0.2, 0.25) is 0 Å². The summed E-state index contributed by atoms with van der Waals surface area (Å²) in [5.41, 5.74) is 6.03. The number of nitrogens with one attached hydrogen (secondary N) is 1. The Kier molecular flexibility index (Phi) is 4.19. The Balaban J connectivity index is 2.35. The zero-order chi connectivity index (χ0) is 14.0. The molecule has 0 bridgehead atoms. The van der Waals surface area contributed by atoms with Crippen molar-refractivity contribution in [1.82, 2.24) is 0 Å². The van der Waals surface area contributed by atoms with Crippen LogP contribution in [0.5, 0.6) is 0 Å². The van der Waals surface area contributed by atoms with Crippen LogP contribution in [0.25, 0.3) is 0 Å². The third kappa shape index (κ3) is 2.78. The van der Waals surface area contributed by atoms with E-state index < -0.39 is 5.54 Å². The minimum absolute atomic E-state index is 0.244. The summed E-state index contributed by atoms with van der Waals surface area (Å²) < 4.78 is 0.959. The maximum absolute atomic E-state index is 12.1. The number of hydrogen-bond acceptors (Lipinski definition) is 2. The smallest absolute Gasteiger partial charge is 0.243 e. The van der Waals surface area contributed by atoms with Crippen LogP contribution in [0, 0.1) is 11.8 Å². The van der Waals surface area contributed by atoms with Crippen molar-refractivity contribution in [3.05, 3.63) is 28.7 Å². The summed E-state index contributed by atoms with van der Waals surface area (Å²) >= 11 is 3.52. The second-order valence-electron chi connectivity index (χ2n) is 5.73. The molecule has 1 aliphatic carbocycles. The second-order valence-corrected chi connectivity index (χ2v) is 6.58. The zero-order valence-electron chi connectivity index (χ0n) is 11.4. The highest BCUT2D eigenvalue weighted by Crippen LogP contribution is 2.40. The maximum Gasteiger partial charge on any atom is 0.243 e. The van der Waals surface area contributed by atoms with Gasteiger partial charge < -0.3 is 11.1 Å². The number of hydrogen-bond donors (Lipinski definition) is 2. The molecule has 0 heterocycles. The van der Waals surface area contributed by atoms with Crippen LogP contribution in [0.15, 0.2) is 28.7 Å². The maximum atomic E-state index is 12.1. The molecule has 0 aromatic heterocycles. The molecule has 0 spiro atoms. The number of primary amides is 1. The highest BCUT2D eigenvalue weighted by molar-refractivity contribution is 9.10. The van der Waals surface area contributed by atoms with E-state index in [1.54, 1.807) is 0 Å². The van der Waals surface area contributed by atoms with Crippen LogP contribution in [-0.2, 0) is 4.79 Å². The fraction of sp³-hybridized carbons (Fsp3) is 0.533. The van der Waals surface area contributed by atoms with Gasteiger partial charge in [-0.05, 0) is 52.7 Å². The minimum atomic E-state index is -0.637. The minimum Gasteiger partial charge on any atom is -0.370 e. The van der Waals surface area contributed by atoms with Gasteiger partial charge in [0.15, 0.2) is 0 Å². The number of nitrogens with two attached hydrogens (primary N) is 1. The van der Waals surface area contributed by atoms with Crippen LogP contribution < -0.4 is 11.1 Å². The molecule has 0 saturated heterocycles. The van der Waals surface area contributed by atoms with Gasteiger partial charge in [0.25, 0.3) is 0 Å². The lowest BCUT2D eigenvalue weighted by molar-refractivity contribution is -0.125. The van der Waals surface area contributed by atoms with E-state index in [2.05, 4.69) is 35.1 Å². The molecular formula is C15H21BrN2O. The number of amides is 1. The predicted molar refractivity (Wildman–Crippen MR) is 81.9 cm³/mol. The first kappa shape index (κ1) is 14.4. The first-order valence-electron chi connectivity index (χ1n) is 6.78. The molecule has 2 rings (SSSR count). The molecule has 3 unspecified atom stereocenters. The lowest BCUT2D eigenvalue weighted by Gasteiger charge is -2.44. The van der Waals surface area contributed by atoms with Gasteiger partial charge in [-0.3, -0.25) is 4.79 Å². The van der Waals surface area contributed by atoms with Crippen LogP contribution in [0.3, 0.4) is 0 Å².